The van der Waals surface area contributed by atoms with Crippen molar-refractivity contribution < 1.29 is 18.7 Å². The third kappa shape index (κ3) is 3.08. The Hall–Kier alpha value is -1.95. The second kappa shape index (κ2) is 5.79. The minimum absolute atomic E-state index is 0.0911. The Morgan fingerprint density at radius 1 is 1.47 bits per heavy atom. The van der Waals surface area contributed by atoms with Crippen molar-refractivity contribution in [1.82, 2.24) is 5.32 Å². The standard InChI is InChI=1S/C13H15FN2O3/c1-19-13(18)10-6-9(2-3-11(10)14)16-12(17)8-4-5-15-7-8/h2-3,6,8,15H,4-5,7H2,1H3,(H,16,17). The maximum Gasteiger partial charge on any atom is 0.340 e. The summed E-state index contributed by atoms with van der Waals surface area (Å²) in [4.78, 5) is 23.2. The molecule has 1 heterocycles. The summed E-state index contributed by atoms with van der Waals surface area (Å²) >= 11 is 0. The average Bonchev–Trinajstić information content (AvgIpc) is 2.94. The van der Waals surface area contributed by atoms with Gasteiger partial charge in [0, 0.05) is 12.2 Å². The van der Waals surface area contributed by atoms with Crippen LogP contribution in [-0.4, -0.2) is 32.1 Å². The van der Waals surface area contributed by atoms with E-state index in [1.165, 1.54) is 19.2 Å². The molecule has 0 spiro atoms. The van der Waals surface area contributed by atoms with Crippen LogP contribution in [0, 0.1) is 11.7 Å². The Labute approximate surface area is 110 Å². The van der Waals surface area contributed by atoms with Crippen LogP contribution >= 0.6 is 0 Å². The highest BCUT2D eigenvalue weighted by Crippen LogP contribution is 2.17. The SMILES string of the molecule is COC(=O)c1cc(NC(=O)C2CCNC2)ccc1F. The van der Waals surface area contributed by atoms with Gasteiger partial charge in [0.15, 0.2) is 0 Å². The van der Waals surface area contributed by atoms with Crippen LogP contribution in [0.4, 0.5) is 10.1 Å². The molecule has 1 amide bonds. The molecule has 2 rings (SSSR count). The van der Waals surface area contributed by atoms with Crippen LogP contribution in [0.5, 0.6) is 0 Å². The van der Waals surface area contributed by atoms with Crippen LogP contribution in [0.1, 0.15) is 16.8 Å². The fourth-order valence-corrected chi connectivity index (χ4v) is 1.99. The molecular formula is C13H15FN2O3. The van der Waals surface area contributed by atoms with Gasteiger partial charge in [0.05, 0.1) is 18.6 Å². The van der Waals surface area contributed by atoms with Crippen molar-refractivity contribution in [3.8, 4) is 0 Å². The van der Waals surface area contributed by atoms with Crippen molar-refractivity contribution in [2.24, 2.45) is 5.92 Å². The van der Waals surface area contributed by atoms with Gasteiger partial charge in [-0.1, -0.05) is 0 Å². The van der Waals surface area contributed by atoms with Crippen molar-refractivity contribution >= 4 is 17.6 Å². The van der Waals surface area contributed by atoms with Gasteiger partial charge in [0.1, 0.15) is 5.82 Å². The van der Waals surface area contributed by atoms with Gasteiger partial charge < -0.3 is 15.4 Å². The van der Waals surface area contributed by atoms with Gasteiger partial charge in [-0.25, -0.2) is 9.18 Å². The van der Waals surface area contributed by atoms with Gasteiger partial charge >= 0.3 is 5.97 Å². The predicted molar refractivity (Wildman–Crippen MR) is 67.3 cm³/mol. The molecule has 102 valence electrons. The quantitative estimate of drug-likeness (QED) is 0.806. The number of benzene rings is 1. The van der Waals surface area contributed by atoms with Gasteiger partial charge in [-0.3, -0.25) is 4.79 Å². The molecule has 1 aromatic rings. The summed E-state index contributed by atoms with van der Waals surface area (Å²) in [6.45, 7) is 1.45. The molecular weight excluding hydrogens is 251 g/mol. The van der Waals surface area contributed by atoms with Gasteiger partial charge in [-0.15, -0.1) is 0 Å². The fraction of sp³-hybridized carbons (Fsp3) is 0.385. The average molecular weight is 266 g/mol. The topological polar surface area (TPSA) is 67.4 Å². The lowest BCUT2D eigenvalue weighted by molar-refractivity contribution is -0.119. The highest BCUT2D eigenvalue weighted by molar-refractivity contribution is 5.95. The molecule has 1 saturated heterocycles. The Morgan fingerprint density at radius 3 is 2.89 bits per heavy atom. The predicted octanol–water partition coefficient (Wildman–Crippen LogP) is 1.16. The first kappa shape index (κ1) is 13.5. The molecule has 1 fully saturated rings. The summed E-state index contributed by atoms with van der Waals surface area (Å²) in [6.07, 6.45) is 0.775. The van der Waals surface area contributed by atoms with Gasteiger partial charge in [-0.2, -0.15) is 0 Å². The van der Waals surface area contributed by atoms with Crippen LogP contribution in [0.15, 0.2) is 18.2 Å². The van der Waals surface area contributed by atoms with E-state index < -0.39 is 11.8 Å². The second-order valence-electron chi connectivity index (χ2n) is 4.37. The summed E-state index contributed by atoms with van der Waals surface area (Å²) in [7, 11) is 1.18. The Balaban J connectivity index is 2.12. The number of hydrogen-bond donors (Lipinski definition) is 2. The van der Waals surface area contributed by atoms with E-state index in [4.69, 9.17) is 0 Å². The number of anilines is 1. The number of carbonyl (C=O) groups is 2. The van der Waals surface area contributed by atoms with E-state index in [0.29, 0.717) is 12.2 Å². The van der Waals surface area contributed by atoms with E-state index in [1.54, 1.807) is 0 Å². The van der Waals surface area contributed by atoms with Crippen LogP contribution in [0.2, 0.25) is 0 Å². The molecule has 1 aliphatic rings. The molecule has 1 aromatic carbocycles. The van der Waals surface area contributed by atoms with E-state index in [2.05, 4.69) is 15.4 Å². The van der Waals surface area contributed by atoms with E-state index >= 15 is 0 Å². The molecule has 0 radical (unpaired) electrons. The number of carbonyl (C=O) groups excluding carboxylic acids is 2. The van der Waals surface area contributed by atoms with Crippen molar-refractivity contribution in [1.29, 1.82) is 0 Å². The van der Waals surface area contributed by atoms with Crippen molar-refractivity contribution in [2.45, 2.75) is 6.42 Å². The molecule has 0 aliphatic carbocycles. The number of halogens is 1. The Morgan fingerprint density at radius 2 is 2.26 bits per heavy atom. The lowest BCUT2D eigenvalue weighted by atomic mass is 10.1. The zero-order chi connectivity index (χ0) is 13.8. The van der Waals surface area contributed by atoms with E-state index in [-0.39, 0.29) is 17.4 Å². The summed E-state index contributed by atoms with van der Waals surface area (Å²) in [5.41, 5.74) is 0.198. The van der Waals surface area contributed by atoms with Crippen molar-refractivity contribution in [3.63, 3.8) is 0 Å². The van der Waals surface area contributed by atoms with E-state index in [1.807, 2.05) is 0 Å². The first-order valence-electron chi connectivity index (χ1n) is 6.01. The third-order valence-corrected chi connectivity index (χ3v) is 3.07. The molecule has 1 unspecified atom stereocenters. The molecule has 1 aliphatic heterocycles. The zero-order valence-corrected chi connectivity index (χ0v) is 10.5. The second-order valence-corrected chi connectivity index (χ2v) is 4.37. The molecule has 6 heteroatoms. The molecule has 2 N–H and O–H groups in total. The summed E-state index contributed by atoms with van der Waals surface area (Å²) in [5, 5.41) is 5.77. The lowest BCUT2D eigenvalue weighted by Gasteiger charge is -2.11. The number of rotatable bonds is 3. The molecule has 19 heavy (non-hydrogen) atoms. The number of nitrogens with one attached hydrogen (secondary N) is 2. The van der Waals surface area contributed by atoms with Crippen LogP contribution < -0.4 is 10.6 Å². The highest BCUT2D eigenvalue weighted by Gasteiger charge is 2.23. The number of esters is 1. The smallest absolute Gasteiger partial charge is 0.340 e. The lowest BCUT2D eigenvalue weighted by Crippen LogP contribution is -2.24. The van der Waals surface area contributed by atoms with Crippen molar-refractivity contribution in [2.75, 3.05) is 25.5 Å². The van der Waals surface area contributed by atoms with Gasteiger partial charge in [-0.05, 0) is 31.2 Å². The fourth-order valence-electron chi connectivity index (χ4n) is 1.99. The summed E-state index contributed by atoms with van der Waals surface area (Å²) in [5.74, 6) is -1.66. The third-order valence-electron chi connectivity index (χ3n) is 3.07. The largest absolute Gasteiger partial charge is 0.465 e. The number of ether oxygens (including phenoxy) is 1. The van der Waals surface area contributed by atoms with E-state index in [0.717, 1.165) is 19.0 Å². The molecule has 5 nitrogen and oxygen atoms in total. The summed E-state index contributed by atoms with van der Waals surface area (Å²) < 4.78 is 17.9. The number of methoxy groups -OCH3 is 1. The van der Waals surface area contributed by atoms with Gasteiger partial charge in [0.2, 0.25) is 5.91 Å². The minimum Gasteiger partial charge on any atom is -0.465 e. The van der Waals surface area contributed by atoms with Crippen LogP contribution in [0.25, 0.3) is 0 Å². The van der Waals surface area contributed by atoms with Gasteiger partial charge in [0.25, 0.3) is 0 Å². The molecule has 0 saturated carbocycles. The minimum atomic E-state index is -0.767. The maximum absolute atomic E-state index is 13.4. The number of hydrogen-bond acceptors (Lipinski definition) is 4. The van der Waals surface area contributed by atoms with Crippen LogP contribution in [-0.2, 0) is 9.53 Å². The van der Waals surface area contributed by atoms with Crippen molar-refractivity contribution in [3.05, 3.63) is 29.6 Å². The van der Waals surface area contributed by atoms with Crippen LogP contribution in [0.3, 0.4) is 0 Å². The Bertz CT molecular complexity index is 499. The number of amides is 1. The first-order chi connectivity index (χ1) is 9.11. The monoisotopic (exact) mass is 266 g/mol. The molecule has 0 bridgehead atoms. The normalized spacial score (nSPS) is 18.1. The zero-order valence-electron chi connectivity index (χ0n) is 10.5. The highest BCUT2D eigenvalue weighted by atomic mass is 19.1. The Kier molecular flexibility index (Phi) is 4.11. The molecule has 0 aromatic heterocycles. The first-order valence-corrected chi connectivity index (χ1v) is 6.01. The van der Waals surface area contributed by atoms with E-state index in [9.17, 15) is 14.0 Å². The maximum atomic E-state index is 13.4. The summed E-state index contributed by atoms with van der Waals surface area (Å²) in [6, 6.07) is 3.83. The molecule has 1 atom stereocenters.